The Balaban J connectivity index is 1.68. The van der Waals surface area contributed by atoms with Gasteiger partial charge >= 0.3 is 0 Å². The summed E-state index contributed by atoms with van der Waals surface area (Å²) in [7, 11) is 0. The van der Waals surface area contributed by atoms with E-state index in [1.165, 1.54) is 12.0 Å². The number of benzene rings is 2. The number of nitrogens with zero attached hydrogens (tertiary/aromatic N) is 1. The van der Waals surface area contributed by atoms with Gasteiger partial charge in [-0.3, -0.25) is 14.8 Å². The van der Waals surface area contributed by atoms with Gasteiger partial charge in [0.15, 0.2) is 0 Å². The second kappa shape index (κ2) is 15.6. The lowest BCUT2D eigenvalue weighted by atomic mass is 9.84. The van der Waals surface area contributed by atoms with Crippen LogP contribution in [0.1, 0.15) is 81.8 Å². The van der Waals surface area contributed by atoms with Crippen molar-refractivity contribution >= 4 is 29.0 Å². The molecule has 4 N–H and O–H groups in total. The van der Waals surface area contributed by atoms with Crippen molar-refractivity contribution in [3.8, 4) is 0 Å². The SMILES string of the molecule is C[C@H](CC(CC(N)=O)C(=O)N(O)[C@@H](CC1CCCCC1)C(=S)NCCCc1ccccc1)c1ccccc1. The molecule has 206 valence electrons. The van der Waals surface area contributed by atoms with Crippen LogP contribution in [0.25, 0.3) is 0 Å². The molecule has 1 fully saturated rings. The number of hydrogen-bond donors (Lipinski definition) is 3. The second-order valence-corrected chi connectivity index (χ2v) is 11.2. The van der Waals surface area contributed by atoms with E-state index in [1.54, 1.807) is 0 Å². The van der Waals surface area contributed by atoms with Crippen molar-refractivity contribution in [1.29, 1.82) is 0 Å². The van der Waals surface area contributed by atoms with Crippen molar-refractivity contribution in [2.24, 2.45) is 17.6 Å². The molecule has 0 heterocycles. The Kier molecular flexibility index (Phi) is 12.2. The van der Waals surface area contributed by atoms with Crippen LogP contribution >= 0.6 is 12.2 Å². The highest BCUT2D eigenvalue weighted by Crippen LogP contribution is 2.31. The van der Waals surface area contributed by atoms with Crippen LogP contribution in [-0.2, 0) is 16.0 Å². The zero-order valence-corrected chi connectivity index (χ0v) is 23.4. The van der Waals surface area contributed by atoms with Gasteiger partial charge in [0.1, 0.15) is 11.0 Å². The molecule has 1 aliphatic rings. The lowest BCUT2D eigenvalue weighted by molar-refractivity contribution is -0.177. The number of hydrogen-bond acceptors (Lipinski definition) is 4. The Hall–Kier alpha value is -2.77. The van der Waals surface area contributed by atoms with E-state index in [2.05, 4.69) is 17.4 Å². The maximum Gasteiger partial charge on any atom is 0.250 e. The summed E-state index contributed by atoms with van der Waals surface area (Å²) in [5.74, 6) is -1.33. The molecular formula is C31H43N3O3S. The molecule has 0 aliphatic heterocycles. The fourth-order valence-corrected chi connectivity index (χ4v) is 5.82. The van der Waals surface area contributed by atoms with Crippen LogP contribution in [0.5, 0.6) is 0 Å². The van der Waals surface area contributed by atoms with Gasteiger partial charge in [0.05, 0.1) is 0 Å². The van der Waals surface area contributed by atoms with Crippen molar-refractivity contribution < 1.29 is 14.8 Å². The molecular weight excluding hydrogens is 494 g/mol. The second-order valence-electron chi connectivity index (χ2n) is 10.7. The molecule has 7 heteroatoms. The standard InChI is InChI=1S/C31H43N3O3S/c1-23(26-17-9-4-10-18-26)20-27(22-29(32)35)31(36)34(37)28(21-25-14-7-3-8-15-25)30(38)33-19-11-16-24-12-5-2-6-13-24/h2,4-6,9-10,12-13,17-18,23,25,27-28,37H,3,7-8,11,14-16,19-22H2,1H3,(H2,32,35)(H,33,38)/t23-,27?,28+/m1/s1. The van der Waals surface area contributed by atoms with E-state index in [4.69, 9.17) is 18.0 Å². The molecule has 3 rings (SSSR count). The maximum atomic E-state index is 13.6. The number of carbonyl (C=O) groups is 2. The van der Waals surface area contributed by atoms with E-state index < -0.39 is 23.8 Å². The Morgan fingerprint density at radius 1 is 1.05 bits per heavy atom. The van der Waals surface area contributed by atoms with Gasteiger partial charge in [-0.1, -0.05) is 112 Å². The third-order valence-corrected chi connectivity index (χ3v) is 8.11. The van der Waals surface area contributed by atoms with Gasteiger partial charge in [0.25, 0.3) is 0 Å². The Labute approximate surface area is 232 Å². The van der Waals surface area contributed by atoms with Crippen molar-refractivity contribution in [3.05, 3.63) is 71.8 Å². The van der Waals surface area contributed by atoms with Crippen molar-refractivity contribution in [2.45, 2.75) is 83.1 Å². The van der Waals surface area contributed by atoms with Gasteiger partial charge in [-0.05, 0) is 48.6 Å². The van der Waals surface area contributed by atoms with Crippen LogP contribution in [0.15, 0.2) is 60.7 Å². The molecule has 0 saturated heterocycles. The first kappa shape index (κ1) is 29.8. The molecule has 2 aromatic carbocycles. The molecule has 0 spiro atoms. The normalized spacial score (nSPS) is 16.3. The average Bonchev–Trinajstić information content (AvgIpc) is 2.94. The van der Waals surface area contributed by atoms with Crippen molar-refractivity contribution in [3.63, 3.8) is 0 Å². The molecule has 1 saturated carbocycles. The molecule has 0 aromatic heterocycles. The predicted octanol–water partition coefficient (Wildman–Crippen LogP) is 5.78. The number of nitrogens with two attached hydrogens (primary N) is 1. The first-order valence-corrected chi connectivity index (χ1v) is 14.4. The predicted molar refractivity (Wildman–Crippen MR) is 156 cm³/mol. The molecule has 1 aliphatic carbocycles. The third-order valence-electron chi connectivity index (χ3n) is 7.69. The summed E-state index contributed by atoms with van der Waals surface area (Å²) in [4.78, 5) is 26.0. The number of aryl methyl sites for hydroxylation is 1. The summed E-state index contributed by atoms with van der Waals surface area (Å²) >= 11 is 5.75. The van der Waals surface area contributed by atoms with Crippen LogP contribution in [0.2, 0.25) is 0 Å². The van der Waals surface area contributed by atoms with Gasteiger partial charge in [-0.25, -0.2) is 5.06 Å². The summed E-state index contributed by atoms with van der Waals surface area (Å²) in [5.41, 5.74) is 7.87. The smallest absolute Gasteiger partial charge is 0.250 e. The lowest BCUT2D eigenvalue weighted by Gasteiger charge is -2.34. The van der Waals surface area contributed by atoms with E-state index in [9.17, 15) is 14.8 Å². The van der Waals surface area contributed by atoms with Crippen LogP contribution < -0.4 is 11.1 Å². The molecule has 0 radical (unpaired) electrons. The highest BCUT2D eigenvalue weighted by Gasteiger charge is 2.34. The Morgan fingerprint density at radius 3 is 2.32 bits per heavy atom. The maximum absolute atomic E-state index is 13.6. The van der Waals surface area contributed by atoms with Gasteiger partial charge in [-0.2, -0.15) is 0 Å². The van der Waals surface area contributed by atoms with E-state index in [0.29, 0.717) is 30.3 Å². The van der Waals surface area contributed by atoms with Crippen molar-refractivity contribution in [1.82, 2.24) is 10.4 Å². The minimum Gasteiger partial charge on any atom is -0.378 e. The number of carbonyl (C=O) groups excluding carboxylic acids is 2. The number of primary amides is 1. The fourth-order valence-electron chi connectivity index (χ4n) is 5.52. The summed E-state index contributed by atoms with van der Waals surface area (Å²) in [6, 6.07) is 19.5. The molecule has 38 heavy (non-hydrogen) atoms. The zero-order chi connectivity index (χ0) is 27.3. The van der Waals surface area contributed by atoms with Crippen LogP contribution in [0, 0.1) is 11.8 Å². The fraction of sp³-hybridized carbons (Fsp3) is 0.516. The van der Waals surface area contributed by atoms with Crippen LogP contribution in [0.3, 0.4) is 0 Å². The number of rotatable bonds is 14. The monoisotopic (exact) mass is 537 g/mol. The quantitative estimate of drug-likeness (QED) is 0.123. The number of hydroxylamine groups is 2. The van der Waals surface area contributed by atoms with E-state index in [1.807, 2.05) is 55.5 Å². The zero-order valence-electron chi connectivity index (χ0n) is 22.6. The molecule has 3 atom stereocenters. The van der Waals surface area contributed by atoms with Crippen LogP contribution in [-0.4, -0.2) is 39.7 Å². The summed E-state index contributed by atoms with van der Waals surface area (Å²) in [5, 5.41) is 15.4. The summed E-state index contributed by atoms with van der Waals surface area (Å²) in [6.07, 6.45) is 8.42. The highest BCUT2D eigenvalue weighted by atomic mass is 32.1. The van der Waals surface area contributed by atoms with Gasteiger partial charge in [0, 0.05) is 18.9 Å². The van der Waals surface area contributed by atoms with Crippen LogP contribution in [0.4, 0.5) is 0 Å². The van der Waals surface area contributed by atoms with Crippen molar-refractivity contribution in [2.75, 3.05) is 6.54 Å². The largest absolute Gasteiger partial charge is 0.378 e. The Morgan fingerprint density at radius 2 is 1.68 bits per heavy atom. The van der Waals surface area contributed by atoms with Gasteiger partial charge in [-0.15, -0.1) is 0 Å². The van der Waals surface area contributed by atoms with E-state index in [-0.39, 0.29) is 12.3 Å². The van der Waals surface area contributed by atoms with Gasteiger partial charge in [0.2, 0.25) is 11.8 Å². The first-order chi connectivity index (χ1) is 18.3. The number of amides is 2. The molecule has 2 amide bonds. The average molecular weight is 538 g/mol. The summed E-state index contributed by atoms with van der Waals surface area (Å²) < 4.78 is 0. The van der Waals surface area contributed by atoms with E-state index >= 15 is 0 Å². The van der Waals surface area contributed by atoms with E-state index in [0.717, 1.165) is 49.2 Å². The number of nitrogens with one attached hydrogen (secondary N) is 1. The molecule has 0 bridgehead atoms. The minimum atomic E-state index is -0.720. The summed E-state index contributed by atoms with van der Waals surface area (Å²) in [6.45, 7) is 2.68. The topological polar surface area (TPSA) is 95.7 Å². The molecule has 2 aromatic rings. The molecule has 6 nitrogen and oxygen atoms in total. The molecule has 1 unspecified atom stereocenters. The van der Waals surface area contributed by atoms with Gasteiger partial charge < -0.3 is 11.1 Å². The number of thiocarbonyl (C=S) groups is 1. The highest BCUT2D eigenvalue weighted by molar-refractivity contribution is 7.80. The lowest BCUT2D eigenvalue weighted by Crippen LogP contribution is -2.50. The third kappa shape index (κ3) is 9.52. The first-order valence-electron chi connectivity index (χ1n) is 14.0. The Bertz CT molecular complexity index is 1010. The minimum absolute atomic E-state index is 0.0257.